The first-order valence-corrected chi connectivity index (χ1v) is 8.61. The van der Waals surface area contributed by atoms with Crippen LogP contribution in [0.2, 0.25) is 0 Å². The number of hydrogen-bond donors (Lipinski definition) is 1. The van der Waals surface area contributed by atoms with E-state index in [1.165, 1.54) is 31.4 Å². The smallest absolute Gasteiger partial charge is 0.416 e. The molecule has 0 bridgehead atoms. The van der Waals surface area contributed by atoms with Crippen molar-refractivity contribution in [3.05, 3.63) is 75.6 Å². The summed E-state index contributed by atoms with van der Waals surface area (Å²) < 4.78 is 44.0. The van der Waals surface area contributed by atoms with E-state index in [-0.39, 0.29) is 18.0 Å². The Morgan fingerprint density at radius 3 is 2.79 bits per heavy atom. The zero-order chi connectivity index (χ0) is 21.0. The predicted octanol–water partition coefficient (Wildman–Crippen LogP) is 4.05. The van der Waals surface area contributed by atoms with Crippen LogP contribution in [0.3, 0.4) is 0 Å². The lowest BCUT2D eigenvalue weighted by Gasteiger charge is -2.18. The van der Waals surface area contributed by atoms with E-state index < -0.39 is 16.7 Å². The number of nitro benzene ring substituents is 1. The minimum atomic E-state index is -4.45. The third kappa shape index (κ3) is 4.96. The number of ether oxygens (including phenoxy) is 1. The average Bonchev–Trinajstić information content (AvgIpc) is 3.08. The van der Waals surface area contributed by atoms with Crippen LogP contribution in [-0.2, 0) is 17.4 Å². The van der Waals surface area contributed by atoms with Crippen LogP contribution in [0.25, 0.3) is 0 Å². The Morgan fingerprint density at radius 2 is 2.10 bits per heavy atom. The van der Waals surface area contributed by atoms with Gasteiger partial charge in [-0.05, 0) is 36.2 Å². The number of nitrogens with zero attached hydrogens (tertiary/aromatic N) is 2. The van der Waals surface area contributed by atoms with Crippen molar-refractivity contribution in [3.63, 3.8) is 0 Å². The van der Waals surface area contributed by atoms with E-state index in [1.54, 1.807) is 12.3 Å². The van der Waals surface area contributed by atoms with Gasteiger partial charge in [-0.1, -0.05) is 6.07 Å². The molecule has 0 aromatic heterocycles. The van der Waals surface area contributed by atoms with Crippen LogP contribution >= 0.6 is 0 Å². The van der Waals surface area contributed by atoms with Crippen LogP contribution in [0, 0.1) is 10.1 Å². The molecule has 1 N–H and O–H groups in total. The molecule has 0 spiro atoms. The largest absolute Gasteiger partial charge is 0.487 e. The van der Waals surface area contributed by atoms with E-state index in [4.69, 9.17) is 9.57 Å². The Balaban J connectivity index is 1.74. The van der Waals surface area contributed by atoms with Gasteiger partial charge in [-0.25, -0.2) is 0 Å². The van der Waals surface area contributed by atoms with Crippen LogP contribution in [0.4, 0.5) is 24.5 Å². The van der Waals surface area contributed by atoms with Gasteiger partial charge in [-0.3, -0.25) is 20.4 Å². The topological polar surface area (TPSA) is 76.9 Å². The first-order valence-electron chi connectivity index (χ1n) is 8.61. The molecule has 0 atom stereocenters. The molecule has 0 saturated carbocycles. The average molecular weight is 409 g/mol. The molecule has 0 unspecified atom stereocenters. The van der Waals surface area contributed by atoms with Crippen molar-refractivity contribution in [3.8, 4) is 5.75 Å². The summed E-state index contributed by atoms with van der Waals surface area (Å²) in [6.07, 6.45) is -2.12. The maximum absolute atomic E-state index is 12.8. The number of hydroxylamine groups is 1. The third-order valence-electron chi connectivity index (χ3n) is 4.31. The van der Waals surface area contributed by atoms with Gasteiger partial charge in [-0.2, -0.15) is 13.2 Å². The van der Waals surface area contributed by atoms with Gasteiger partial charge in [0.05, 0.1) is 23.3 Å². The summed E-state index contributed by atoms with van der Waals surface area (Å²) in [6, 6.07) is 9.22. The first kappa shape index (κ1) is 20.5. The molecule has 2 aromatic rings. The summed E-state index contributed by atoms with van der Waals surface area (Å²) in [5.41, 5.74) is 4.00. The summed E-state index contributed by atoms with van der Waals surface area (Å²) in [5.74, 6) is 0.0704. The standard InChI is InChI=1S/C19H18F3N3O4/c1-28-23-15(12-29-17-4-2-3-14(10-17)19(20,21)22)11-24-8-7-13-9-16(25(26)27)5-6-18(13)24/h2-6,9-11,23H,7-8,12H2,1H3. The van der Waals surface area contributed by atoms with Crippen LogP contribution in [-0.4, -0.2) is 25.2 Å². The van der Waals surface area contributed by atoms with Crippen molar-refractivity contribution in [1.82, 2.24) is 5.48 Å². The molecule has 0 aliphatic carbocycles. The van der Waals surface area contributed by atoms with Gasteiger partial charge in [0.1, 0.15) is 12.4 Å². The second-order valence-corrected chi connectivity index (χ2v) is 6.29. The molecule has 0 radical (unpaired) electrons. The van der Waals surface area contributed by atoms with Gasteiger partial charge in [0.2, 0.25) is 0 Å². The maximum Gasteiger partial charge on any atom is 0.416 e. The molecular formula is C19H18F3N3O4. The highest BCUT2D eigenvalue weighted by atomic mass is 19.4. The number of rotatable bonds is 7. The fourth-order valence-corrected chi connectivity index (χ4v) is 3.00. The monoisotopic (exact) mass is 409 g/mol. The van der Waals surface area contributed by atoms with Crippen LogP contribution < -0.4 is 15.1 Å². The third-order valence-corrected chi connectivity index (χ3v) is 4.31. The molecule has 3 rings (SSSR count). The van der Waals surface area contributed by atoms with Crippen LogP contribution in [0.5, 0.6) is 5.75 Å². The van der Waals surface area contributed by atoms with Gasteiger partial charge in [0, 0.05) is 30.6 Å². The molecule has 0 amide bonds. The molecule has 0 fully saturated rings. The van der Waals surface area contributed by atoms with E-state index in [0.717, 1.165) is 23.4 Å². The van der Waals surface area contributed by atoms with Crippen molar-refractivity contribution in [2.75, 3.05) is 25.2 Å². The van der Waals surface area contributed by atoms with Crippen LogP contribution in [0.15, 0.2) is 54.4 Å². The number of halogens is 3. The van der Waals surface area contributed by atoms with Gasteiger partial charge in [0.25, 0.3) is 5.69 Å². The number of non-ortho nitro benzene ring substituents is 1. The van der Waals surface area contributed by atoms with Gasteiger partial charge in [0.15, 0.2) is 0 Å². The SMILES string of the molecule is CONC(=CN1CCc2cc([N+](=O)[O-])ccc21)COc1cccc(C(F)(F)F)c1. The lowest BCUT2D eigenvalue weighted by Crippen LogP contribution is -2.23. The Morgan fingerprint density at radius 1 is 1.31 bits per heavy atom. The number of fused-ring (bicyclic) bond motifs is 1. The highest BCUT2D eigenvalue weighted by Gasteiger charge is 2.30. The fourth-order valence-electron chi connectivity index (χ4n) is 3.00. The van der Waals surface area contributed by atoms with E-state index >= 15 is 0 Å². The zero-order valence-electron chi connectivity index (χ0n) is 15.4. The Kier molecular flexibility index (Phi) is 5.92. The van der Waals surface area contributed by atoms with Crippen molar-refractivity contribution < 1.29 is 27.7 Å². The van der Waals surface area contributed by atoms with E-state index in [9.17, 15) is 23.3 Å². The fraction of sp³-hybridized carbons (Fsp3) is 0.263. The second-order valence-electron chi connectivity index (χ2n) is 6.29. The quantitative estimate of drug-likeness (QED) is 0.549. The Bertz CT molecular complexity index is 931. The van der Waals surface area contributed by atoms with Crippen molar-refractivity contribution in [2.24, 2.45) is 0 Å². The summed E-state index contributed by atoms with van der Waals surface area (Å²) in [5, 5.41) is 10.9. The molecule has 7 nitrogen and oxygen atoms in total. The molecule has 1 aliphatic rings. The normalized spacial score (nSPS) is 13.9. The second kappa shape index (κ2) is 8.39. The number of nitrogens with one attached hydrogen (secondary N) is 1. The highest BCUT2D eigenvalue weighted by molar-refractivity contribution is 5.63. The molecule has 154 valence electrons. The van der Waals surface area contributed by atoms with Crippen molar-refractivity contribution >= 4 is 11.4 Å². The van der Waals surface area contributed by atoms with E-state index in [1.807, 2.05) is 4.90 Å². The number of alkyl halides is 3. The van der Waals surface area contributed by atoms with Crippen molar-refractivity contribution in [2.45, 2.75) is 12.6 Å². The van der Waals surface area contributed by atoms with Gasteiger partial charge in [-0.15, -0.1) is 0 Å². The summed E-state index contributed by atoms with van der Waals surface area (Å²) >= 11 is 0. The number of benzene rings is 2. The number of hydrogen-bond acceptors (Lipinski definition) is 6. The summed E-state index contributed by atoms with van der Waals surface area (Å²) in [6.45, 7) is 0.531. The van der Waals surface area contributed by atoms with Crippen LogP contribution in [0.1, 0.15) is 11.1 Å². The lowest BCUT2D eigenvalue weighted by atomic mass is 10.1. The van der Waals surface area contributed by atoms with E-state index in [0.29, 0.717) is 18.7 Å². The predicted molar refractivity (Wildman–Crippen MR) is 99.3 cm³/mol. The molecule has 2 aromatic carbocycles. The molecular weight excluding hydrogens is 391 g/mol. The zero-order valence-corrected chi connectivity index (χ0v) is 15.4. The highest BCUT2D eigenvalue weighted by Crippen LogP contribution is 2.32. The minimum Gasteiger partial charge on any atom is -0.487 e. The minimum absolute atomic E-state index is 0.0256. The number of nitro groups is 1. The number of anilines is 1. The Hall–Kier alpha value is -3.27. The molecule has 1 aliphatic heterocycles. The van der Waals surface area contributed by atoms with Gasteiger partial charge < -0.3 is 9.64 Å². The summed E-state index contributed by atoms with van der Waals surface area (Å²) in [4.78, 5) is 17.3. The van der Waals surface area contributed by atoms with Gasteiger partial charge >= 0.3 is 6.18 Å². The molecule has 29 heavy (non-hydrogen) atoms. The molecule has 10 heteroatoms. The summed E-state index contributed by atoms with van der Waals surface area (Å²) in [7, 11) is 1.40. The maximum atomic E-state index is 12.8. The molecule has 1 heterocycles. The first-order chi connectivity index (χ1) is 13.8. The lowest BCUT2D eigenvalue weighted by molar-refractivity contribution is -0.384. The Labute approximate surface area is 164 Å². The van der Waals surface area contributed by atoms with Crippen molar-refractivity contribution in [1.29, 1.82) is 0 Å². The van der Waals surface area contributed by atoms with E-state index in [2.05, 4.69) is 5.48 Å². The molecule has 0 saturated heterocycles.